The van der Waals surface area contributed by atoms with E-state index < -0.39 is 6.48 Å². The van der Waals surface area contributed by atoms with E-state index in [4.69, 9.17) is 10.2 Å². The van der Waals surface area contributed by atoms with E-state index in [-0.39, 0.29) is 6.61 Å². The average molecular weight is 122 g/mol. The third-order valence-corrected chi connectivity index (χ3v) is 0.554. The van der Waals surface area contributed by atoms with E-state index in [9.17, 15) is 0 Å². The predicted molar refractivity (Wildman–Crippen MR) is 26.1 cm³/mol. The summed E-state index contributed by atoms with van der Waals surface area (Å²) in [7, 11) is 1.51. The molecule has 0 aliphatic rings. The van der Waals surface area contributed by atoms with Gasteiger partial charge in [-0.1, -0.05) is 0 Å². The summed E-state index contributed by atoms with van der Waals surface area (Å²) in [6.45, 7) is -1.10. The summed E-state index contributed by atoms with van der Waals surface area (Å²) in [5, 5.41) is 16.1. The number of methoxy groups -OCH3 is 1. The molecule has 0 rings (SSSR count). The van der Waals surface area contributed by atoms with Crippen LogP contribution in [0.4, 0.5) is 0 Å². The highest BCUT2D eigenvalue weighted by Crippen LogP contribution is 1.78. The lowest BCUT2D eigenvalue weighted by molar-refractivity contribution is -0.237. The number of rotatable bonds is 4. The molecule has 0 heterocycles. The van der Waals surface area contributed by atoms with Crippen molar-refractivity contribution >= 4 is 0 Å². The van der Waals surface area contributed by atoms with Gasteiger partial charge >= 0.3 is 0 Å². The summed E-state index contributed by atoms with van der Waals surface area (Å²) in [4.78, 5) is 0. The lowest BCUT2D eigenvalue weighted by Crippen LogP contribution is -2.13. The molecule has 0 saturated carbocycles. The maximum absolute atomic E-state index is 8.06. The van der Waals surface area contributed by atoms with E-state index in [0.29, 0.717) is 6.61 Å². The minimum absolute atomic E-state index is 0.203. The smallest absolute Gasteiger partial charge is 0.266 e. The van der Waals surface area contributed by atoms with Crippen molar-refractivity contribution in [2.75, 3.05) is 20.3 Å². The highest BCUT2D eigenvalue weighted by molar-refractivity contribution is 4.21. The second kappa shape index (κ2) is 4.99. The zero-order valence-electron chi connectivity index (χ0n) is 4.70. The van der Waals surface area contributed by atoms with Gasteiger partial charge in [0.15, 0.2) is 0 Å². The van der Waals surface area contributed by atoms with Crippen molar-refractivity contribution in [3.63, 3.8) is 0 Å². The Morgan fingerprint density at radius 3 is 2.38 bits per heavy atom. The zero-order chi connectivity index (χ0) is 6.41. The largest absolute Gasteiger partial charge is 0.382 e. The summed E-state index contributed by atoms with van der Waals surface area (Å²) in [6.07, 6.45) is 0. The molecule has 0 aromatic carbocycles. The van der Waals surface area contributed by atoms with Gasteiger partial charge in [-0.05, 0) is 0 Å². The summed E-state index contributed by atoms with van der Waals surface area (Å²) in [5.74, 6) is 0. The van der Waals surface area contributed by atoms with Gasteiger partial charge in [-0.15, -0.1) is 0 Å². The van der Waals surface area contributed by atoms with Crippen LogP contribution in [0.15, 0.2) is 0 Å². The molecule has 0 spiro atoms. The van der Waals surface area contributed by atoms with Crippen LogP contribution < -0.4 is 0 Å². The number of hydrogen-bond acceptors (Lipinski definition) is 4. The molecular weight excluding hydrogens is 112 g/mol. The van der Waals surface area contributed by atoms with Crippen molar-refractivity contribution < 1.29 is 19.7 Å². The molecule has 0 unspecified atom stereocenters. The van der Waals surface area contributed by atoms with Crippen LogP contribution in [0.3, 0.4) is 0 Å². The Kier molecular flexibility index (Phi) is 4.89. The lowest BCUT2D eigenvalue weighted by Gasteiger charge is -2.02. The van der Waals surface area contributed by atoms with Crippen molar-refractivity contribution in [1.82, 2.24) is 0 Å². The van der Waals surface area contributed by atoms with Crippen molar-refractivity contribution in [3.8, 4) is 0 Å². The molecule has 4 heteroatoms. The summed E-state index contributed by atoms with van der Waals surface area (Å²) in [5.41, 5.74) is 0. The normalized spacial score (nSPS) is 10.5. The second-order valence-electron chi connectivity index (χ2n) is 1.19. The molecule has 0 aromatic rings. The topological polar surface area (TPSA) is 58.9 Å². The molecule has 0 radical (unpaired) electrons. The first kappa shape index (κ1) is 7.84. The molecule has 0 bridgehead atoms. The van der Waals surface area contributed by atoms with Crippen LogP contribution in [0.25, 0.3) is 0 Å². The zero-order valence-corrected chi connectivity index (χ0v) is 4.70. The predicted octanol–water partition coefficient (Wildman–Crippen LogP) is -1.08. The monoisotopic (exact) mass is 122 g/mol. The molecule has 0 aliphatic heterocycles. The summed E-state index contributed by atoms with van der Waals surface area (Å²) < 4.78 is 8.81. The molecule has 4 nitrogen and oxygen atoms in total. The first-order valence-corrected chi connectivity index (χ1v) is 2.24. The number of hydrogen-bond donors (Lipinski definition) is 2. The third kappa shape index (κ3) is 5.84. The molecular formula is C4H10O4. The Balaban J connectivity index is 2.72. The molecule has 0 aliphatic carbocycles. The fourth-order valence-electron chi connectivity index (χ4n) is 0.237. The van der Waals surface area contributed by atoms with Gasteiger partial charge in [0.1, 0.15) is 0 Å². The van der Waals surface area contributed by atoms with Crippen LogP contribution in [0, 0.1) is 0 Å². The van der Waals surface area contributed by atoms with Gasteiger partial charge in [0, 0.05) is 7.11 Å². The van der Waals surface area contributed by atoms with Crippen LogP contribution in [0.2, 0.25) is 0 Å². The van der Waals surface area contributed by atoms with E-state index in [1.807, 2.05) is 0 Å². The Bertz CT molecular complexity index is 45.3. The summed E-state index contributed by atoms with van der Waals surface area (Å²) >= 11 is 0. The fourth-order valence-corrected chi connectivity index (χ4v) is 0.237. The van der Waals surface area contributed by atoms with Gasteiger partial charge in [0.2, 0.25) is 0 Å². The third-order valence-electron chi connectivity index (χ3n) is 0.554. The number of ether oxygens (including phenoxy) is 2. The van der Waals surface area contributed by atoms with Crippen LogP contribution >= 0.6 is 0 Å². The molecule has 0 fully saturated rings. The Labute approximate surface area is 47.6 Å². The molecule has 0 amide bonds. The lowest BCUT2D eigenvalue weighted by atomic mass is 10.8. The number of aliphatic hydroxyl groups excluding tert-OH is 1. The molecule has 8 heavy (non-hydrogen) atoms. The van der Waals surface area contributed by atoms with Crippen molar-refractivity contribution in [3.05, 3.63) is 0 Å². The molecule has 0 atom stereocenters. The van der Waals surface area contributed by atoms with Gasteiger partial charge < -0.3 is 19.7 Å². The Morgan fingerprint density at radius 1 is 1.38 bits per heavy atom. The first-order chi connectivity index (χ1) is 3.77. The van der Waals surface area contributed by atoms with E-state index in [0.717, 1.165) is 0 Å². The Morgan fingerprint density at radius 2 is 2.00 bits per heavy atom. The second-order valence-corrected chi connectivity index (χ2v) is 1.19. The molecule has 0 aromatic heterocycles. The number of aliphatic hydroxyl groups is 2. The molecule has 0 saturated heterocycles. The SMILES string of the molecule is COCCOC(O)O. The van der Waals surface area contributed by atoms with Gasteiger partial charge in [0.05, 0.1) is 13.2 Å². The standard InChI is InChI=1S/C4H10O4/c1-7-2-3-8-4(5)6/h4-6H,2-3H2,1H3. The highest BCUT2D eigenvalue weighted by atomic mass is 16.7. The Hall–Kier alpha value is -0.160. The van der Waals surface area contributed by atoms with Crippen LogP contribution in [0.5, 0.6) is 0 Å². The molecule has 2 N–H and O–H groups in total. The van der Waals surface area contributed by atoms with Crippen molar-refractivity contribution in [2.45, 2.75) is 6.48 Å². The van der Waals surface area contributed by atoms with Gasteiger partial charge in [-0.2, -0.15) is 0 Å². The van der Waals surface area contributed by atoms with Gasteiger partial charge in [-0.25, -0.2) is 0 Å². The highest BCUT2D eigenvalue weighted by Gasteiger charge is 1.92. The molecule has 50 valence electrons. The minimum Gasteiger partial charge on any atom is -0.382 e. The average Bonchev–Trinajstić information content (AvgIpc) is 1.66. The summed E-state index contributed by atoms with van der Waals surface area (Å²) in [6, 6.07) is 0. The fraction of sp³-hybridized carbons (Fsp3) is 1.00. The van der Waals surface area contributed by atoms with E-state index in [2.05, 4.69) is 9.47 Å². The van der Waals surface area contributed by atoms with E-state index in [1.54, 1.807) is 0 Å². The van der Waals surface area contributed by atoms with Crippen molar-refractivity contribution in [2.24, 2.45) is 0 Å². The quantitative estimate of drug-likeness (QED) is 0.368. The first-order valence-electron chi connectivity index (χ1n) is 2.24. The van der Waals surface area contributed by atoms with E-state index >= 15 is 0 Å². The van der Waals surface area contributed by atoms with E-state index in [1.165, 1.54) is 7.11 Å². The maximum atomic E-state index is 8.06. The van der Waals surface area contributed by atoms with Crippen LogP contribution in [0.1, 0.15) is 0 Å². The minimum atomic E-state index is -1.68. The van der Waals surface area contributed by atoms with Gasteiger partial charge in [0.25, 0.3) is 6.48 Å². The maximum Gasteiger partial charge on any atom is 0.266 e. The van der Waals surface area contributed by atoms with Crippen LogP contribution in [-0.4, -0.2) is 37.0 Å². The van der Waals surface area contributed by atoms with Crippen LogP contribution in [-0.2, 0) is 9.47 Å². The van der Waals surface area contributed by atoms with Gasteiger partial charge in [-0.3, -0.25) is 0 Å². The van der Waals surface area contributed by atoms with Crippen molar-refractivity contribution in [1.29, 1.82) is 0 Å².